The Morgan fingerprint density at radius 2 is 0.875 bits per heavy atom. The van der Waals surface area contributed by atoms with Crippen molar-refractivity contribution in [1.29, 1.82) is 0 Å². The lowest BCUT2D eigenvalue weighted by Gasteiger charge is -2.18. The molecule has 0 bridgehead atoms. The monoisotopic (exact) mass is 703 g/mol. The number of rotatable bonds is 37. The molecule has 2 N–H and O–H groups in total. The Hall–Kier alpha value is -1.21. The van der Waals surface area contributed by atoms with E-state index in [1.807, 2.05) is 0 Å². The lowest BCUT2D eigenvalue weighted by Crippen LogP contribution is -2.29. The van der Waals surface area contributed by atoms with Gasteiger partial charge in [-0.15, -0.1) is 0 Å². The Kier molecular flexibility index (Phi) is 34.7. The summed E-state index contributed by atoms with van der Waals surface area (Å²) in [5, 5.41) is 0. The smallest absolute Gasteiger partial charge is 0.462 e. The van der Waals surface area contributed by atoms with Gasteiger partial charge in [-0.1, -0.05) is 167 Å². The molecule has 8 nitrogen and oxygen atoms in total. The largest absolute Gasteiger partial charge is 0.469 e. The molecule has 0 fully saturated rings. The van der Waals surface area contributed by atoms with Crippen LogP contribution in [0, 0.1) is 0 Å². The zero-order chi connectivity index (χ0) is 35.4. The molecule has 48 heavy (non-hydrogen) atoms. The van der Waals surface area contributed by atoms with Gasteiger partial charge in [-0.25, -0.2) is 4.57 Å². The van der Waals surface area contributed by atoms with Crippen LogP contribution < -0.4 is 0 Å². The van der Waals surface area contributed by atoms with Crippen LogP contribution in [0.1, 0.15) is 206 Å². The number of unbranched alkanes of at least 4 members (excludes halogenated alkanes) is 25. The van der Waals surface area contributed by atoms with E-state index in [2.05, 4.69) is 30.5 Å². The molecule has 0 radical (unpaired) electrons. The molecule has 284 valence electrons. The maximum atomic E-state index is 12.4. The fourth-order valence-electron chi connectivity index (χ4n) is 5.78. The van der Waals surface area contributed by atoms with Crippen molar-refractivity contribution in [2.24, 2.45) is 0 Å². The van der Waals surface area contributed by atoms with Gasteiger partial charge < -0.3 is 19.3 Å². The van der Waals surface area contributed by atoms with Crippen LogP contribution >= 0.6 is 7.82 Å². The predicted octanol–water partition coefficient (Wildman–Crippen LogP) is 11.8. The molecule has 0 aliphatic carbocycles. The number of hydrogen-bond acceptors (Lipinski definition) is 6. The van der Waals surface area contributed by atoms with Crippen LogP contribution in [0.15, 0.2) is 12.2 Å². The molecule has 0 rings (SSSR count). The van der Waals surface area contributed by atoms with E-state index in [4.69, 9.17) is 19.3 Å². The Morgan fingerprint density at radius 3 is 1.27 bits per heavy atom. The van der Waals surface area contributed by atoms with Crippen LogP contribution in [0.4, 0.5) is 0 Å². The normalized spacial score (nSPS) is 12.5. The van der Waals surface area contributed by atoms with Crippen molar-refractivity contribution >= 4 is 19.8 Å². The van der Waals surface area contributed by atoms with Gasteiger partial charge in [0.25, 0.3) is 0 Å². The van der Waals surface area contributed by atoms with Crippen LogP contribution in [0.5, 0.6) is 0 Å². The van der Waals surface area contributed by atoms with Crippen LogP contribution in [0.2, 0.25) is 0 Å². The van der Waals surface area contributed by atoms with Gasteiger partial charge in [0, 0.05) is 12.8 Å². The molecule has 0 aromatic carbocycles. The second-order valence-corrected chi connectivity index (χ2v) is 14.9. The Labute approximate surface area is 295 Å². The highest BCUT2D eigenvalue weighted by Crippen LogP contribution is 2.36. The second-order valence-electron chi connectivity index (χ2n) is 13.6. The predicted molar refractivity (Wildman–Crippen MR) is 198 cm³/mol. The van der Waals surface area contributed by atoms with Crippen LogP contribution in [-0.2, 0) is 28.2 Å². The van der Waals surface area contributed by atoms with E-state index in [0.717, 1.165) is 51.4 Å². The topological polar surface area (TPSA) is 119 Å². The number of ether oxygens (including phenoxy) is 2. The SMILES string of the molecule is CCCCCCCCC/C=C\CCCCCCCC(=O)OC(COC(=O)CCCCCCCCCCCCCCCC)COP(=O)(O)O. The number of carbonyl (C=O) groups excluding carboxylic acids is 2. The summed E-state index contributed by atoms with van der Waals surface area (Å²) in [5.74, 6) is -0.885. The molecule has 0 aliphatic heterocycles. The molecule has 0 heterocycles. The highest BCUT2D eigenvalue weighted by atomic mass is 31.2. The van der Waals surface area contributed by atoms with Gasteiger partial charge in [-0.3, -0.25) is 14.1 Å². The zero-order valence-electron chi connectivity index (χ0n) is 31.2. The number of allylic oxidation sites excluding steroid dienone is 2. The summed E-state index contributed by atoms with van der Waals surface area (Å²) in [6.45, 7) is 3.69. The zero-order valence-corrected chi connectivity index (χ0v) is 32.0. The molecular formula is C39H75O8P. The number of carbonyl (C=O) groups is 2. The number of esters is 2. The molecular weight excluding hydrogens is 627 g/mol. The Bertz CT molecular complexity index is 797. The van der Waals surface area contributed by atoms with Crippen LogP contribution in [-0.4, -0.2) is 41.0 Å². The lowest BCUT2D eigenvalue weighted by atomic mass is 10.0. The fourth-order valence-corrected chi connectivity index (χ4v) is 6.14. The van der Waals surface area contributed by atoms with Gasteiger partial charge >= 0.3 is 19.8 Å². The molecule has 0 saturated heterocycles. The van der Waals surface area contributed by atoms with E-state index in [1.54, 1.807) is 0 Å². The maximum absolute atomic E-state index is 12.4. The van der Waals surface area contributed by atoms with Crippen LogP contribution in [0.3, 0.4) is 0 Å². The van der Waals surface area contributed by atoms with Gasteiger partial charge in [-0.05, 0) is 38.5 Å². The number of hydrogen-bond donors (Lipinski definition) is 2. The molecule has 0 aromatic rings. The van der Waals surface area contributed by atoms with E-state index < -0.39 is 32.5 Å². The summed E-state index contributed by atoms with van der Waals surface area (Å²) in [7, 11) is -4.75. The minimum absolute atomic E-state index is 0.206. The minimum Gasteiger partial charge on any atom is -0.462 e. The minimum atomic E-state index is -4.75. The van der Waals surface area contributed by atoms with E-state index in [0.29, 0.717) is 6.42 Å². The molecule has 0 amide bonds. The Morgan fingerprint density at radius 1 is 0.521 bits per heavy atom. The molecule has 0 aliphatic rings. The average molecular weight is 703 g/mol. The lowest BCUT2D eigenvalue weighted by molar-refractivity contribution is -0.161. The third-order valence-electron chi connectivity index (χ3n) is 8.78. The fraction of sp³-hybridized carbons (Fsp3) is 0.897. The second kappa shape index (κ2) is 35.6. The Balaban J connectivity index is 3.93. The first-order valence-corrected chi connectivity index (χ1v) is 21.5. The quantitative estimate of drug-likeness (QED) is 0.0284. The van der Waals surface area contributed by atoms with E-state index >= 15 is 0 Å². The van der Waals surface area contributed by atoms with Crippen molar-refractivity contribution in [2.45, 2.75) is 213 Å². The molecule has 0 spiro atoms. The third kappa shape index (κ3) is 37.6. The van der Waals surface area contributed by atoms with Crippen molar-refractivity contribution in [1.82, 2.24) is 0 Å². The van der Waals surface area contributed by atoms with Crippen molar-refractivity contribution < 1.29 is 37.9 Å². The standard InChI is InChI=1S/C39H75O8P/c1-3-5-7-9-11-13-15-17-19-20-22-24-26-28-30-32-34-39(41)47-37(36-46-48(42,43)44)35-45-38(40)33-31-29-27-25-23-21-18-16-14-12-10-8-6-4-2/h19-20,37H,3-18,21-36H2,1-2H3,(H2,42,43,44)/b20-19-. The number of phosphoric acid groups is 1. The maximum Gasteiger partial charge on any atom is 0.469 e. The van der Waals surface area contributed by atoms with E-state index in [-0.39, 0.29) is 19.4 Å². The van der Waals surface area contributed by atoms with Crippen LogP contribution in [0.25, 0.3) is 0 Å². The summed E-state index contributed by atoms with van der Waals surface area (Å²) >= 11 is 0. The van der Waals surface area contributed by atoms with Gasteiger partial charge in [0.05, 0.1) is 6.61 Å². The van der Waals surface area contributed by atoms with Crippen molar-refractivity contribution in [2.75, 3.05) is 13.2 Å². The van der Waals surface area contributed by atoms with Crippen molar-refractivity contribution in [3.63, 3.8) is 0 Å². The average Bonchev–Trinajstić information content (AvgIpc) is 3.05. The molecule has 1 atom stereocenters. The highest BCUT2D eigenvalue weighted by Gasteiger charge is 2.22. The first-order chi connectivity index (χ1) is 23.3. The van der Waals surface area contributed by atoms with Crippen molar-refractivity contribution in [3.05, 3.63) is 12.2 Å². The summed E-state index contributed by atoms with van der Waals surface area (Å²) in [6.07, 6.45) is 37.9. The molecule has 0 aromatic heterocycles. The number of phosphoric ester groups is 1. The van der Waals surface area contributed by atoms with Gasteiger partial charge in [0.2, 0.25) is 0 Å². The first kappa shape index (κ1) is 46.8. The molecule has 9 heteroatoms. The van der Waals surface area contributed by atoms with E-state index in [9.17, 15) is 14.2 Å². The van der Waals surface area contributed by atoms with Gasteiger partial charge in [0.15, 0.2) is 6.10 Å². The highest BCUT2D eigenvalue weighted by molar-refractivity contribution is 7.46. The molecule has 1 unspecified atom stereocenters. The summed E-state index contributed by atoms with van der Waals surface area (Å²) in [6, 6.07) is 0. The summed E-state index contributed by atoms with van der Waals surface area (Å²) in [5.41, 5.74) is 0. The molecule has 0 saturated carbocycles. The van der Waals surface area contributed by atoms with E-state index in [1.165, 1.54) is 122 Å². The summed E-state index contributed by atoms with van der Waals surface area (Å²) < 4.78 is 26.3. The van der Waals surface area contributed by atoms with Crippen molar-refractivity contribution in [3.8, 4) is 0 Å². The van der Waals surface area contributed by atoms with Gasteiger partial charge in [-0.2, -0.15) is 0 Å². The first-order valence-electron chi connectivity index (χ1n) is 20.0. The summed E-state index contributed by atoms with van der Waals surface area (Å²) in [4.78, 5) is 42.7. The third-order valence-corrected chi connectivity index (χ3v) is 9.27. The van der Waals surface area contributed by atoms with Gasteiger partial charge in [0.1, 0.15) is 6.61 Å².